The first-order valence-corrected chi connectivity index (χ1v) is 5.08. The number of benzene rings is 1. The van der Waals surface area contributed by atoms with Crippen molar-refractivity contribution < 1.29 is 4.74 Å². The van der Waals surface area contributed by atoms with Gasteiger partial charge in [0.2, 0.25) is 0 Å². The molecule has 0 saturated heterocycles. The van der Waals surface area contributed by atoms with E-state index < -0.39 is 0 Å². The van der Waals surface area contributed by atoms with E-state index in [2.05, 4.69) is 27.8 Å². The van der Waals surface area contributed by atoms with E-state index in [-0.39, 0.29) is 0 Å². The zero-order valence-electron chi connectivity index (χ0n) is 8.01. The molecule has 0 fully saturated rings. The minimum Gasteiger partial charge on any atom is -0.481 e. The second-order valence-electron chi connectivity index (χ2n) is 2.67. The van der Waals surface area contributed by atoms with Gasteiger partial charge in [0.05, 0.1) is 0 Å². The molecule has 0 radical (unpaired) electrons. The number of hydrogen-bond donors (Lipinski definition) is 1. The SMILES string of the molecule is CC#CCOc1ccc(Br)cc1CN. The lowest BCUT2D eigenvalue weighted by Crippen LogP contribution is -2.02. The Balaban J connectivity index is 2.78. The van der Waals surface area contributed by atoms with Crippen molar-refractivity contribution in [1.29, 1.82) is 0 Å². The molecule has 0 heterocycles. The van der Waals surface area contributed by atoms with Crippen LogP contribution in [0.25, 0.3) is 0 Å². The molecule has 0 aromatic heterocycles. The topological polar surface area (TPSA) is 35.2 Å². The van der Waals surface area contributed by atoms with Crippen molar-refractivity contribution >= 4 is 15.9 Å². The first-order valence-electron chi connectivity index (χ1n) is 4.29. The fourth-order valence-corrected chi connectivity index (χ4v) is 1.44. The van der Waals surface area contributed by atoms with Gasteiger partial charge in [0, 0.05) is 16.6 Å². The molecule has 1 rings (SSSR count). The van der Waals surface area contributed by atoms with Gasteiger partial charge in [0.25, 0.3) is 0 Å². The number of hydrogen-bond acceptors (Lipinski definition) is 2. The molecular weight excluding hydrogens is 242 g/mol. The van der Waals surface area contributed by atoms with E-state index in [1.54, 1.807) is 6.92 Å². The minimum absolute atomic E-state index is 0.408. The molecule has 14 heavy (non-hydrogen) atoms. The minimum atomic E-state index is 0.408. The Morgan fingerprint density at radius 2 is 2.29 bits per heavy atom. The van der Waals surface area contributed by atoms with E-state index in [9.17, 15) is 0 Å². The molecule has 0 spiro atoms. The van der Waals surface area contributed by atoms with Gasteiger partial charge in [-0.1, -0.05) is 21.9 Å². The first kappa shape index (κ1) is 11.1. The summed E-state index contributed by atoms with van der Waals surface area (Å²) in [6, 6.07) is 5.77. The van der Waals surface area contributed by atoms with Crippen LogP contribution >= 0.6 is 15.9 Å². The summed E-state index contributed by atoms with van der Waals surface area (Å²) in [6.07, 6.45) is 0. The lowest BCUT2D eigenvalue weighted by molar-refractivity contribution is 0.366. The fraction of sp³-hybridized carbons (Fsp3) is 0.273. The molecule has 1 aromatic rings. The molecule has 1 aromatic carbocycles. The standard InChI is InChI=1S/C11H12BrNO/c1-2-3-6-14-11-5-4-10(12)7-9(11)8-13/h4-5,7H,6,8,13H2,1H3. The summed E-state index contributed by atoms with van der Waals surface area (Å²) < 4.78 is 6.46. The maximum atomic E-state index is 5.59. The number of nitrogens with two attached hydrogens (primary N) is 1. The highest BCUT2D eigenvalue weighted by atomic mass is 79.9. The average molecular weight is 254 g/mol. The van der Waals surface area contributed by atoms with Crippen LogP contribution in [0.5, 0.6) is 5.75 Å². The summed E-state index contributed by atoms with van der Waals surface area (Å²) in [4.78, 5) is 0. The monoisotopic (exact) mass is 253 g/mol. The van der Waals surface area contributed by atoms with Gasteiger partial charge in [-0.25, -0.2) is 0 Å². The predicted octanol–water partition coefficient (Wildman–Crippen LogP) is 2.31. The van der Waals surface area contributed by atoms with E-state index >= 15 is 0 Å². The molecular formula is C11H12BrNO. The Kier molecular flexibility index (Phi) is 4.51. The van der Waals surface area contributed by atoms with Crippen LogP contribution in [0.4, 0.5) is 0 Å². The Labute approximate surface area is 92.6 Å². The Morgan fingerprint density at radius 1 is 1.50 bits per heavy atom. The van der Waals surface area contributed by atoms with Crippen LogP contribution in [0.2, 0.25) is 0 Å². The number of halogens is 1. The van der Waals surface area contributed by atoms with Crippen molar-refractivity contribution in [2.75, 3.05) is 6.61 Å². The second-order valence-corrected chi connectivity index (χ2v) is 3.59. The third kappa shape index (κ3) is 3.06. The smallest absolute Gasteiger partial charge is 0.149 e. The van der Waals surface area contributed by atoms with E-state index in [1.807, 2.05) is 18.2 Å². The van der Waals surface area contributed by atoms with Crippen LogP contribution in [-0.4, -0.2) is 6.61 Å². The van der Waals surface area contributed by atoms with Crippen LogP contribution in [-0.2, 0) is 6.54 Å². The Bertz CT molecular complexity index is 365. The zero-order chi connectivity index (χ0) is 10.4. The van der Waals surface area contributed by atoms with Gasteiger partial charge in [0.15, 0.2) is 0 Å². The molecule has 0 aliphatic carbocycles. The third-order valence-corrected chi connectivity index (χ3v) is 2.21. The normalized spacial score (nSPS) is 9.07. The van der Waals surface area contributed by atoms with Gasteiger partial charge in [-0.2, -0.15) is 0 Å². The van der Waals surface area contributed by atoms with Crippen LogP contribution in [0.3, 0.4) is 0 Å². The summed E-state index contributed by atoms with van der Waals surface area (Å²) in [5.41, 5.74) is 6.57. The number of ether oxygens (including phenoxy) is 1. The Morgan fingerprint density at radius 3 is 2.93 bits per heavy atom. The van der Waals surface area contributed by atoms with Crippen molar-refractivity contribution in [2.24, 2.45) is 5.73 Å². The lowest BCUT2D eigenvalue weighted by atomic mass is 10.2. The van der Waals surface area contributed by atoms with Gasteiger partial charge >= 0.3 is 0 Å². The van der Waals surface area contributed by atoms with E-state index in [1.165, 1.54) is 0 Å². The van der Waals surface area contributed by atoms with Crippen molar-refractivity contribution in [3.8, 4) is 17.6 Å². The van der Waals surface area contributed by atoms with Gasteiger partial charge in [-0.3, -0.25) is 0 Å². The van der Waals surface area contributed by atoms with Gasteiger partial charge in [-0.15, -0.1) is 5.92 Å². The molecule has 0 amide bonds. The summed E-state index contributed by atoms with van der Waals surface area (Å²) in [7, 11) is 0. The van der Waals surface area contributed by atoms with Crippen LogP contribution in [0.1, 0.15) is 12.5 Å². The highest BCUT2D eigenvalue weighted by Crippen LogP contribution is 2.22. The maximum Gasteiger partial charge on any atom is 0.149 e. The molecule has 2 nitrogen and oxygen atoms in total. The van der Waals surface area contributed by atoms with Gasteiger partial charge < -0.3 is 10.5 Å². The quantitative estimate of drug-likeness (QED) is 0.840. The lowest BCUT2D eigenvalue weighted by Gasteiger charge is -2.07. The maximum absolute atomic E-state index is 5.59. The predicted molar refractivity (Wildman–Crippen MR) is 61.0 cm³/mol. The summed E-state index contributed by atoms with van der Waals surface area (Å²) >= 11 is 3.38. The summed E-state index contributed by atoms with van der Waals surface area (Å²) in [5.74, 6) is 6.41. The van der Waals surface area contributed by atoms with Crippen molar-refractivity contribution in [3.63, 3.8) is 0 Å². The second kappa shape index (κ2) is 5.69. The Hall–Kier alpha value is -0.980. The van der Waals surface area contributed by atoms with Gasteiger partial charge in [-0.05, 0) is 25.1 Å². The zero-order valence-corrected chi connectivity index (χ0v) is 9.60. The highest BCUT2D eigenvalue weighted by Gasteiger charge is 2.01. The molecule has 0 atom stereocenters. The largest absolute Gasteiger partial charge is 0.481 e. The first-order chi connectivity index (χ1) is 6.77. The highest BCUT2D eigenvalue weighted by molar-refractivity contribution is 9.10. The van der Waals surface area contributed by atoms with E-state index in [0.717, 1.165) is 15.8 Å². The van der Waals surface area contributed by atoms with Gasteiger partial charge in [0.1, 0.15) is 12.4 Å². The summed E-state index contributed by atoms with van der Waals surface area (Å²) in [6.45, 7) is 2.66. The molecule has 0 saturated carbocycles. The van der Waals surface area contributed by atoms with Crippen LogP contribution in [0, 0.1) is 11.8 Å². The fourth-order valence-electron chi connectivity index (χ4n) is 1.03. The molecule has 0 aliphatic rings. The third-order valence-electron chi connectivity index (χ3n) is 1.72. The molecule has 2 N–H and O–H groups in total. The summed E-state index contributed by atoms with van der Waals surface area (Å²) in [5, 5.41) is 0. The molecule has 0 unspecified atom stereocenters. The van der Waals surface area contributed by atoms with Crippen molar-refractivity contribution in [1.82, 2.24) is 0 Å². The molecule has 74 valence electrons. The molecule has 0 bridgehead atoms. The van der Waals surface area contributed by atoms with Crippen molar-refractivity contribution in [3.05, 3.63) is 28.2 Å². The average Bonchev–Trinajstić information content (AvgIpc) is 2.20. The number of rotatable bonds is 3. The molecule has 0 aliphatic heterocycles. The van der Waals surface area contributed by atoms with E-state index in [0.29, 0.717) is 13.2 Å². The van der Waals surface area contributed by atoms with Crippen LogP contribution < -0.4 is 10.5 Å². The van der Waals surface area contributed by atoms with Crippen molar-refractivity contribution in [2.45, 2.75) is 13.5 Å². The molecule has 3 heteroatoms. The van der Waals surface area contributed by atoms with Crippen LogP contribution in [0.15, 0.2) is 22.7 Å². The van der Waals surface area contributed by atoms with E-state index in [4.69, 9.17) is 10.5 Å².